The quantitative estimate of drug-likeness (QED) is 0.428. The number of aliphatic carboxylic acids is 1. The molecule has 5 nitrogen and oxygen atoms in total. The van der Waals surface area contributed by atoms with E-state index in [0.29, 0.717) is 0 Å². The molecule has 0 rings (SSSR count). The molecule has 0 aliphatic carbocycles. The molecule has 0 saturated carbocycles. The Kier molecular flexibility index (Phi) is 21.9. The number of hydrogen-bond acceptors (Lipinski definition) is 4. The molecular weight excluding hydrogens is 320 g/mol. The van der Waals surface area contributed by atoms with Crippen LogP contribution in [0, 0.1) is 0 Å². The maximum atomic E-state index is 9.60. The number of carboxylic acids is 1. The molecule has 0 aromatic rings. The van der Waals surface area contributed by atoms with Crippen LogP contribution in [0.2, 0.25) is 0 Å². The fourth-order valence-electron chi connectivity index (χ4n) is 0. The summed E-state index contributed by atoms with van der Waals surface area (Å²) in [6.07, 6.45) is 0. The van der Waals surface area contributed by atoms with Crippen LogP contribution in [0.1, 0.15) is 69.2 Å². The van der Waals surface area contributed by atoms with E-state index in [0.717, 1.165) is 0 Å². The normalized spacial score (nSPS) is 10.2. The maximum absolute atomic E-state index is 9.60. The third kappa shape index (κ3) is 484. The largest absolute Gasteiger partial charge is 0.478 e. The first-order valence-corrected chi connectivity index (χ1v) is 6.70. The summed E-state index contributed by atoms with van der Waals surface area (Å²) in [5, 5.41) is 33.5. The predicted octanol–water partition coefficient (Wildman–Crippen LogP) is 2.98. The Balaban J connectivity index is -0.0000000577. The molecule has 4 N–H and O–H groups in total. The first-order valence-electron chi connectivity index (χ1n) is 6.70. The molecule has 0 spiro atoms. The summed E-state index contributed by atoms with van der Waals surface area (Å²) in [7, 11) is 0. The molecule has 0 aliphatic heterocycles. The van der Waals surface area contributed by atoms with Crippen LogP contribution >= 0.6 is 0 Å². The molecule has 22 heavy (non-hydrogen) atoms. The van der Waals surface area contributed by atoms with Crippen molar-refractivity contribution in [1.82, 2.24) is 0 Å². The van der Waals surface area contributed by atoms with Crippen molar-refractivity contribution in [2.24, 2.45) is 0 Å². The second-order valence-corrected chi connectivity index (χ2v) is 7.60. The number of aliphatic hydroxyl groups is 3. The van der Waals surface area contributed by atoms with Gasteiger partial charge in [-0.1, -0.05) is 6.58 Å². The van der Waals surface area contributed by atoms with Gasteiger partial charge in [-0.15, -0.1) is 0 Å². The van der Waals surface area contributed by atoms with Crippen molar-refractivity contribution in [3.05, 3.63) is 12.2 Å². The van der Waals surface area contributed by atoms with E-state index in [1.807, 2.05) is 0 Å². The summed E-state index contributed by atoms with van der Waals surface area (Å²) in [6.45, 7) is 20.3. The maximum Gasteiger partial charge on any atom is 0.330 e. The van der Waals surface area contributed by atoms with Gasteiger partial charge in [0.1, 0.15) is 0 Å². The summed E-state index contributed by atoms with van der Waals surface area (Å²) < 4.78 is 0. The number of rotatable bonds is 1. The van der Waals surface area contributed by atoms with Crippen molar-refractivity contribution in [3.63, 3.8) is 0 Å². The summed E-state index contributed by atoms with van der Waals surface area (Å²) in [6, 6.07) is 0. The molecule has 0 saturated heterocycles. The molecule has 0 unspecified atom stereocenters. The summed E-state index contributed by atoms with van der Waals surface area (Å²) >= 11 is 0. The van der Waals surface area contributed by atoms with Crippen LogP contribution in [-0.2, 0) is 26.5 Å². The summed E-state index contributed by atoms with van der Waals surface area (Å²) in [5.74, 6) is -0.935. The molecule has 0 fully saturated rings. The fraction of sp³-hybridized carbons (Fsp3) is 0.812. The SMILES string of the molecule is C=C(C)C(=O)O.CC(C)(C)O.CC(C)(C)O.CC(C)(C)O.[Ti]. The van der Waals surface area contributed by atoms with E-state index >= 15 is 0 Å². The Hall–Kier alpha value is -0.196. The average molecular weight is 356 g/mol. The Morgan fingerprint density at radius 1 is 0.727 bits per heavy atom. The molecule has 6 heteroatoms. The van der Waals surface area contributed by atoms with E-state index in [2.05, 4.69) is 6.58 Å². The number of carbonyl (C=O) groups is 1. The molecule has 0 bridgehead atoms. The van der Waals surface area contributed by atoms with E-state index in [-0.39, 0.29) is 27.3 Å². The van der Waals surface area contributed by atoms with Crippen LogP contribution in [-0.4, -0.2) is 43.2 Å². The van der Waals surface area contributed by atoms with Gasteiger partial charge in [-0.05, 0) is 69.2 Å². The second-order valence-electron chi connectivity index (χ2n) is 7.60. The van der Waals surface area contributed by atoms with Crippen molar-refractivity contribution >= 4 is 5.97 Å². The summed E-state index contributed by atoms with van der Waals surface area (Å²) in [4.78, 5) is 9.60. The Bertz CT molecular complexity index is 222. The van der Waals surface area contributed by atoms with Crippen LogP contribution in [0.4, 0.5) is 0 Å². The second kappa shape index (κ2) is 14.4. The van der Waals surface area contributed by atoms with Gasteiger partial charge in [0.25, 0.3) is 0 Å². The van der Waals surface area contributed by atoms with Gasteiger partial charge in [-0.3, -0.25) is 0 Å². The van der Waals surface area contributed by atoms with Gasteiger partial charge in [-0.25, -0.2) is 4.79 Å². The third-order valence-corrected chi connectivity index (χ3v) is 0.365. The van der Waals surface area contributed by atoms with Crippen LogP contribution in [0.5, 0.6) is 0 Å². The minimum atomic E-state index is -0.935. The monoisotopic (exact) mass is 356 g/mol. The van der Waals surface area contributed by atoms with Gasteiger partial charge in [0.2, 0.25) is 0 Å². The van der Waals surface area contributed by atoms with E-state index in [1.54, 1.807) is 62.3 Å². The molecule has 134 valence electrons. The molecule has 0 atom stereocenters. The zero-order valence-corrected chi connectivity index (χ0v) is 17.5. The van der Waals surface area contributed by atoms with Crippen molar-refractivity contribution in [1.29, 1.82) is 0 Å². The number of carboxylic acid groups (broad SMARTS) is 1. The topological polar surface area (TPSA) is 98.0 Å². The van der Waals surface area contributed by atoms with Gasteiger partial charge in [0.05, 0.1) is 16.8 Å². The zero-order chi connectivity index (χ0) is 18.7. The molecule has 0 radical (unpaired) electrons. The molecule has 0 aromatic heterocycles. The van der Waals surface area contributed by atoms with Gasteiger partial charge in [0.15, 0.2) is 0 Å². The first-order chi connectivity index (χ1) is 8.64. The average Bonchev–Trinajstić information content (AvgIpc) is 1.92. The van der Waals surface area contributed by atoms with Crippen molar-refractivity contribution in [3.8, 4) is 0 Å². The van der Waals surface area contributed by atoms with Gasteiger partial charge in [0, 0.05) is 27.3 Å². The van der Waals surface area contributed by atoms with Gasteiger partial charge >= 0.3 is 5.97 Å². The molecular formula is C16H36O5Ti. The van der Waals surface area contributed by atoms with E-state index in [9.17, 15) is 4.79 Å². The van der Waals surface area contributed by atoms with Crippen LogP contribution in [0.25, 0.3) is 0 Å². The van der Waals surface area contributed by atoms with Crippen LogP contribution < -0.4 is 0 Å². The van der Waals surface area contributed by atoms with E-state index in [1.165, 1.54) is 6.92 Å². The molecule has 0 aromatic carbocycles. The van der Waals surface area contributed by atoms with E-state index < -0.39 is 22.8 Å². The Morgan fingerprint density at radius 3 is 0.773 bits per heavy atom. The van der Waals surface area contributed by atoms with Gasteiger partial charge < -0.3 is 20.4 Å². The minimum absolute atomic E-state index is 0. The zero-order valence-electron chi connectivity index (χ0n) is 15.9. The predicted molar refractivity (Wildman–Crippen MR) is 88.4 cm³/mol. The molecule has 0 aliphatic rings. The van der Waals surface area contributed by atoms with Crippen LogP contribution in [0.3, 0.4) is 0 Å². The Morgan fingerprint density at radius 2 is 0.773 bits per heavy atom. The Labute approximate surface area is 151 Å². The standard InChI is InChI=1S/C4H6O2.3C4H10O.Ti/c1-3(2)4(5)6;3*1-4(2,3)5;/h1H2,2H3,(H,5,6);3*5H,1-3H3;. The van der Waals surface area contributed by atoms with Crippen molar-refractivity contribution < 1.29 is 46.9 Å². The fourth-order valence-corrected chi connectivity index (χ4v) is 0. The number of hydrogen-bond donors (Lipinski definition) is 4. The van der Waals surface area contributed by atoms with Crippen molar-refractivity contribution in [2.75, 3.05) is 0 Å². The summed E-state index contributed by atoms with van der Waals surface area (Å²) in [5.41, 5.74) is -1.32. The van der Waals surface area contributed by atoms with Gasteiger partial charge in [-0.2, -0.15) is 0 Å². The van der Waals surface area contributed by atoms with Crippen molar-refractivity contribution in [2.45, 2.75) is 86.0 Å². The molecule has 0 amide bonds. The minimum Gasteiger partial charge on any atom is -0.478 e. The van der Waals surface area contributed by atoms with E-state index in [4.69, 9.17) is 20.4 Å². The first kappa shape index (κ1) is 33.4. The molecule has 0 heterocycles. The smallest absolute Gasteiger partial charge is 0.330 e. The third-order valence-electron chi connectivity index (χ3n) is 0.365. The van der Waals surface area contributed by atoms with Crippen LogP contribution in [0.15, 0.2) is 12.2 Å².